The van der Waals surface area contributed by atoms with Gasteiger partial charge in [-0.25, -0.2) is 0 Å². The molecule has 0 aromatic rings. The van der Waals surface area contributed by atoms with Gasteiger partial charge in [-0.2, -0.15) is 0 Å². The molecule has 0 aromatic heterocycles. The van der Waals surface area contributed by atoms with Crippen molar-refractivity contribution < 1.29 is 23.8 Å². The molecule has 0 fully saturated rings. The lowest BCUT2D eigenvalue weighted by atomic mass is 10.0. The first kappa shape index (κ1) is 63.9. The van der Waals surface area contributed by atoms with Crippen LogP contribution < -0.4 is 0 Å². The van der Waals surface area contributed by atoms with Gasteiger partial charge >= 0.3 is 11.9 Å². The van der Waals surface area contributed by atoms with Gasteiger partial charge in [0.2, 0.25) is 0 Å². The molecule has 0 aliphatic rings. The Hall–Kier alpha value is -2.14. The van der Waals surface area contributed by atoms with E-state index in [2.05, 4.69) is 69.4 Å². The van der Waals surface area contributed by atoms with Gasteiger partial charge in [0, 0.05) is 19.4 Å². The topological polar surface area (TPSA) is 61.8 Å². The summed E-state index contributed by atoms with van der Waals surface area (Å²) in [6.45, 7) is 7.74. The Morgan fingerprint density at radius 1 is 0.348 bits per heavy atom. The van der Waals surface area contributed by atoms with Gasteiger partial charge in [-0.1, -0.05) is 262 Å². The Morgan fingerprint density at radius 3 is 1.12 bits per heavy atom. The molecule has 0 aliphatic heterocycles. The monoisotopic (exact) mass is 925 g/mol. The van der Waals surface area contributed by atoms with Crippen LogP contribution in [0.2, 0.25) is 0 Å². The van der Waals surface area contributed by atoms with Gasteiger partial charge in [0.15, 0.2) is 6.10 Å². The van der Waals surface area contributed by atoms with Crippen molar-refractivity contribution in [3.63, 3.8) is 0 Å². The molecule has 0 saturated heterocycles. The zero-order chi connectivity index (χ0) is 47.7. The normalized spacial score (nSPS) is 12.5. The van der Waals surface area contributed by atoms with Gasteiger partial charge in [0.1, 0.15) is 6.61 Å². The lowest BCUT2D eigenvalue weighted by Gasteiger charge is -2.18. The van der Waals surface area contributed by atoms with Gasteiger partial charge in [-0.05, 0) is 77.0 Å². The van der Waals surface area contributed by atoms with Gasteiger partial charge in [-0.3, -0.25) is 9.59 Å². The number of allylic oxidation sites excluding steroid dienone is 8. The smallest absolute Gasteiger partial charge is 0.306 e. The molecule has 0 aliphatic carbocycles. The summed E-state index contributed by atoms with van der Waals surface area (Å²) in [7, 11) is 0. The van der Waals surface area contributed by atoms with Crippen molar-refractivity contribution in [2.24, 2.45) is 0 Å². The molecule has 0 spiro atoms. The lowest BCUT2D eigenvalue weighted by Crippen LogP contribution is -2.30. The van der Waals surface area contributed by atoms with E-state index >= 15 is 0 Å². The third kappa shape index (κ3) is 54.5. The summed E-state index contributed by atoms with van der Waals surface area (Å²) < 4.78 is 17.5. The average molecular weight is 926 g/mol. The lowest BCUT2D eigenvalue weighted by molar-refractivity contribution is -0.163. The minimum absolute atomic E-state index is 0.0803. The molecule has 0 aromatic carbocycles. The molecule has 0 rings (SSSR count). The second kappa shape index (κ2) is 57.2. The Labute approximate surface area is 412 Å². The summed E-state index contributed by atoms with van der Waals surface area (Å²) in [6.07, 6.45) is 71.4. The van der Waals surface area contributed by atoms with Crippen LogP contribution in [0.25, 0.3) is 0 Å². The van der Waals surface area contributed by atoms with Gasteiger partial charge < -0.3 is 14.2 Å². The van der Waals surface area contributed by atoms with E-state index in [-0.39, 0.29) is 25.2 Å². The Morgan fingerprint density at radius 2 is 0.682 bits per heavy atom. The Kier molecular flexibility index (Phi) is 55.3. The van der Waals surface area contributed by atoms with Crippen LogP contribution in [0.15, 0.2) is 48.6 Å². The molecule has 386 valence electrons. The highest BCUT2D eigenvalue weighted by molar-refractivity contribution is 5.70. The molecule has 0 saturated carbocycles. The average Bonchev–Trinajstić information content (AvgIpc) is 3.32. The van der Waals surface area contributed by atoms with Crippen LogP contribution in [0.1, 0.15) is 303 Å². The summed E-state index contributed by atoms with van der Waals surface area (Å²) in [5.41, 5.74) is 0. The highest BCUT2D eigenvalue weighted by Crippen LogP contribution is 2.16. The van der Waals surface area contributed by atoms with Crippen LogP contribution in [-0.4, -0.2) is 37.9 Å². The molecule has 5 nitrogen and oxygen atoms in total. The van der Waals surface area contributed by atoms with Crippen LogP contribution in [0, 0.1) is 0 Å². The molecule has 0 bridgehead atoms. The first-order chi connectivity index (χ1) is 32.6. The maximum Gasteiger partial charge on any atom is 0.306 e. The molecule has 0 N–H and O–H groups in total. The number of carbonyl (C=O) groups is 2. The van der Waals surface area contributed by atoms with Gasteiger partial charge in [-0.15, -0.1) is 0 Å². The van der Waals surface area contributed by atoms with E-state index < -0.39 is 6.10 Å². The number of rotatable bonds is 54. The molecular formula is C61H112O5. The molecule has 0 heterocycles. The third-order valence-corrected chi connectivity index (χ3v) is 12.8. The summed E-state index contributed by atoms with van der Waals surface area (Å²) in [6, 6.07) is 0. The summed E-state index contributed by atoms with van der Waals surface area (Å²) in [5.74, 6) is -0.404. The molecule has 1 atom stereocenters. The number of carbonyl (C=O) groups excluding carboxylic acids is 2. The zero-order valence-corrected chi connectivity index (χ0v) is 44.5. The van der Waals surface area contributed by atoms with Crippen molar-refractivity contribution in [2.45, 2.75) is 309 Å². The maximum atomic E-state index is 12.8. The van der Waals surface area contributed by atoms with Crippen molar-refractivity contribution in [3.8, 4) is 0 Å². The molecule has 5 heteroatoms. The van der Waals surface area contributed by atoms with E-state index in [0.717, 1.165) is 77.0 Å². The van der Waals surface area contributed by atoms with Crippen LogP contribution in [0.5, 0.6) is 0 Å². The van der Waals surface area contributed by atoms with E-state index in [1.165, 1.54) is 193 Å². The first-order valence-corrected chi connectivity index (χ1v) is 29.2. The number of hydrogen-bond donors (Lipinski definition) is 0. The maximum absolute atomic E-state index is 12.8. The Balaban J connectivity index is 4.21. The third-order valence-electron chi connectivity index (χ3n) is 12.8. The van der Waals surface area contributed by atoms with Crippen molar-refractivity contribution in [3.05, 3.63) is 48.6 Å². The fourth-order valence-corrected chi connectivity index (χ4v) is 8.52. The van der Waals surface area contributed by atoms with Gasteiger partial charge in [0.25, 0.3) is 0 Å². The fraction of sp³-hybridized carbons (Fsp3) is 0.836. The molecule has 66 heavy (non-hydrogen) atoms. The highest BCUT2D eigenvalue weighted by atomic mass is 16.6. The van der Waals surface area contributed by atoms with E-state index in [9.17, 15) is 9.59 Å². The van der Waals surface area contributed by atoms with E-state index in [1.807, 2.05) is 0 Å². The van der Waals surface area contributed by atoms with Crippen molar-refractivity contribution in [1.82, 2.24) is 0 Å². The minimum Gasteiger partial charge on any atom is -0.462 e. The molecule has 0 amide bonds. The van der Waals surface area contributed by atoms with Crippen molar-refractivity contribution >= 4 is 11.9 Å². The summed E-state index contributed by atoms with van der Waals surface area (Å²) in [4.78, 5) is 25.5. The summed E-state index contributed by atoms with van der Waals surface area (Å²) in [5, 5.41) is 0. The quantitative estimate of drug-likeness (QED) is 0.0345. The van der Waals surface area contributed by atoms with E-state index in [4.69, 9.17) is 14.2 Å². The zero-order valence-electron chi connectivity index (χ0n) is 44.5. The number of hydrogen-bond acceptors (Lipinski definition) is 5. The molecule has 1 unspecified atom stereocenters. The van der Waals surface area contributed by atoms with Gasteiger partial charge in [0.05, 0.1) is 6.61 Å². The predicted octanol–water partition coefficient (Wildman–Crippen LogP) is 19.9. The number of unbranched alkanes of at least 4 members (excludes halogenated alkanes) is 35. The van der Waals surface area contributed by atoms with Crippen LogP contribution in [0.4, 0.5) is 0 Å². The number of ether oxygens (including phenoxy) is 3. The van der Waals surface area contributed by atoms with E-state index in [0.29, 0.717) is 19.4 Å². The standard InChI is InChI=1S/C61H112O5/c1-4-7-10-13-16-19-22-25-27-29-30-31-33-35-38-41-44-47-50-53-56-64-57-59(66-61(63)55-52-49-46-43-40-36-24-21-18-15-12-9-6-3)58-65-60(62)54-51-48-45-42-39-37-34-32-28-26-23-20-17-14-11-8-5-2/h8,11,17,20-21,24,26,28,59H,4-7,9-10,12-16,18-19,22-23,25,27,29-58H2,1-3H3/b11-8-,20-17-,24-21-,28-26-. The van der Waals surface area contributed by atoms with Crippen LogP contribution in [0.3, 0.4) is 0 Å². The first-order valence-electron chi connectivity index (χ1n) is 29.2. The van der Waals surface area contributed by atoms with Crippen LogP contribution >= 0.6 is 0 Å². The SMILES string of the molecule is CC/C=C\C/C=C\C/C=C\CCCCCCCCCC(=O)OCC(COCCCCCCCCCCCCCCCCCCCCCC)OC(=O)CCCCCCC/C=C\CCCCCC. The highest BCUT2D eigenvalue weighted by Gasteiger charge is 2.17. The van der Waals surface area contributed by atoms with Crippen molar-refractivity contribution in [2.75, 3.05) is 19.8 Å². The Bertz CT molecular complexity index is 1090. The fourth-order valence-electron chi connectivity index (χ4n) is 8.52. The number of esters is 2. The van der Waals surface area contributed by atoms with Crippen LogP contribution in [-0.2, 0) is 23.8 Å². The molecular weight excluding hydrogens is 813 g/mol. The predicted molar refractivity (Wildman–Crippen MR) is 288 cm³/mol. The molecule has 0 radical (unpaired) electrons. The largest absolute Gasteiger partial charge is 0.462 e. The minimum atomic E-state index is -0.542. The second-order valence-electron chi connectivity index (χ2n) is 19.5. The summed E-state index contributed by atoms with van der Waals surface area (Å²) >= 11 is 0. The van der Waals surface area contributed by atoms with E-state index in [1.54, 1.807) is 0 Å². The van der Waals surface area contributed by atoms with Crippen molar-refractivity contribution in [1.29, 1.82) is 0 Å². The second-order valence-corrected chi connectivity index (χ2v) is 19.5.